The van der Waals surface area contributed by atoms with Gasteiger partial charge in [0.15, 0.2) is 0 Å². The summed E-state index contributed by atoms with van der Waals surface area (Å²) in [5.41, 5.74) is -0.0224. The highest BCUT2D eigenvalue weighted by atomic mass is 79.9. The molecule has 1 aliphatic carbocycles. The second kappa shape index (κ2) is 5.08. The number of aliphatic hydroxyl groups excluding tert-OH is 1. The molecule has 0 bridgehead atoms. The maximum atomic E-state index is 11.9. The monoisotopic (exact) mass is 317 g/mol. The van der Waals surface area contributed by atoms with Gasteiger partial charge in [-0.2, -0.15) is 0 Å². The lowest BCUT2D eigenvalue weighted by atomic mass is 10.1. The van der Waals surface area contributed by atoms with Crippen LogP contribution in [0.4, 0.5) is 0 Å². The van der Waals surface area contributed by atoms with E-state index >= 15 is 0 Å². The third kappa shape index (κ3) is 3.09. The van der Waals surface area contributed by atoms with E-state index < -0.39 is 0 Å². The molecule has 0 spiro atoms. The fourth-order valence-corrected chi connectivity index (χ4v) is 3.16. The van der Waals surface area contributed by atoms with Crippen molar-refractivity contribution in [2.45, 2.75) is 25.7 Å². The lowest BCUT2D eigenvalue weighted by Crippen LogP contribution is -2.34. The summed E-state index contributed by atoms with van der Waals surface area (Å²) in [5.74, 6) is -0.0835. The van der Waals surface area contributed by atoms with E-state index in [4.69, 9.17) is 0 Å². The van der Waals surface area contributed by atoms with Crippen LogP contribution in [-0.2, 0) is 4.79 Å². The lowest BCUT2D eigenvalue weighted by Gasteiger charge is -2.15. The van der Waals surface area contributed by atoms with E-state index in [2.05, 4.69) is 21.2 Å². The van der Waals surface area contributed by atoms with E-state index in [1.165, 1.54) is 0 Å². The first-order chi connectivity index (χ1) is 8.06. The summed E-state index contributed by atoms with van der Waals surface area (Å²) in [6.07, 6.45) is 2.03. The zero-order valence-corrected chi connectivity index (χ0v) is 12.1. The zero-order valence-electron chi connectivity index (χ0n) is 9.70. The SMILES string of the molecule is CC(C(=O)NCC1(CO)CC1)c1ccc(Br)s1. The molecule has 17 heavy (non-hydrogen) atoms. The number of hydrogen-bond donors (Lipinski definition) is 2. The van der Waals surface area contributed by atoms with Gasteiger partial charge in [-0.05, 0) is 47.8 Å². The Balaban J connectivity index is 1.87. The van der Waals surface area contributed by atoms with Crippen LogP contribution in [0.15, 0.2) is 15.9 Å². The van der Waals surface area contributed by atoms with E-state index in [0.717, 1.165) is 21.5 Å². The largest absolute Gasteiger partial charge is 0.396 e. The molecule has 0 saturated heterocycles. The molecule has 1 atom stereocenters. The van der Waals surface area contributed by atoms with Gasteiger partial charge in [-0.15, -0.1) is 11.3 Å². The summed E-state index contributed by atoms with van der Waals surface area (Å²) in [5, 5.41) is 12.1. The fraction of sp³-hybridized carbons (Fsp3) is 0.583. The predicted molar refractivity (Wildman–Crippen MR) is 72.2 cm³/mol. The van der Waals surface area contributed by atoms with Gasteiger partial charge >= 0.3 is 0 Å². The number of hydrogen-bond acceptors (Lipinski definition) is 3. The molecule has 1 amide bonds. The summed E-state index contributed by atoms with van der Waals surface area (Å²) in [4.78, 5) is 13.0. The van der Waals surface area contributed by atoms with Gasteiger partial charge in [0.05, 0.1) is 16.3 Å². The van der Waals surface area contributed by atoms with Gasteiger partial charge in [-0.25, -0.2) is 0 Å². The molecule has 0 aliphatic heterocycles. The Morgan fingerprint density at radius 2 is 2.35 bits per heavy atom. The number of rotatable bonds is 5. The number of nitrogens with one attached hydrogen (secondary N) is 1. The van der Waals surface area contributed by atoms with Crippen molar-refractivity contribution in [3.8, 4) is 0 Å². The molecule has 1 aromatic rings. The average Bonchev–Trinajstić information content (AvgIpc) is 3.00. The maximum absolute atomic E-state index is 11.9. The van der Waals surface area contributed by atoms with Crippen molar-refractivity contribution in [2.24, 2.45) is 5.41 Å². The van der Waals surface area contributed by atoms with Crippen LogP contribution in [0.3, 0.4) is 0 Å². The van der Waals surface area contributed by atoms with Gasteiger partial charge in [-0.3, -0.25) is 4.79 Å². The Bertz CT molecular complexity index is 414. The molecule has 1 unspecified atom stereocenters. The molecular weight excluding hydrogens is 302 g/mol. The molecule has 0 aromatic carbocycles. The standard InChI is InChI=1S/C12H16BrNO2S/c1-8(9-2-3-10(13)17-9)11(16)14-6-12(7-15)4-5-12/h2-3,8,15H,4-7H2,1H3,(H,14,16). The van der Waals surface area contributed by atoms with Crippen LogP contribution in [0.5, 0.6) is 0 Å². The zero-order chi connectivity index (χ0) is 12.5. The smallest absolute Gasteiger partial charge is 0.228 e. The van der Waals surface area contributed by atoms with Gasteiger partial charge in [0.25, 0.3) is 0 Å². The highest BCUT2D eigenvalue weighted by molar-refractivity contribution is 9.11. The number of carbonyl (C=O) groups excluding carboxylic acids is 1. The molecule has 1 aromatic heterocycles. The predicted octanol–water partition coefficient (Wildman–Crippen LogP) is 2.50. The van der Waals surface area contributed by atoms with Crippen LogP contribution < -0.4 is 5.32 Å². The van der Waals surface area contributed by atoms with Gasteiger partial charge in [0, 0.05) is 16.8 Å². The number of aliphatic hydroxyl groups is 1. The van der Waals surface area contributed by atoms with E-state index in [1.807, 2.05) is 19.1 Å². The van der Waals surface area contributed by atoms with Crippen LogP contribution in [0.1, 0.15) is 30.6 Å². The quantitative estimate of drug-likeness (QED) is 0.876. The van der Waals surface area contributed by atoms with Crippen molar-refractivity contribution >= 4 is 33.2 Å². The van der Waals surface area contributed by atoms with Crippen molar-refractivity contribution in [2.75, 3.05) is 13.2 Å². The Hall–Kier alpha value is -0.390. The van der Waals surface area contributed by atoms with Crippen LogP contribution in [0, 0.1) is 5.41 Å². The first-order valence-electron chi connectivity index (χ1n) is 5.70. The minimum Gasteiger partial charge on any atom is -0.396 e. The minimum absolute atomic E-state index is 0.0224. The van der Waals surface area contributed by atoms with Crippen molar-refractivity contribution in [3.05, 3.63) is 20.8 Å². The van der Waals surface area contributed by atoms with Crippen LogP contribution in [0.2, 0.25) is 0 Å². The van der Waals surface area contributed by atoms with E-state index in [1.54, 1.807) is 11.3 Å². The van der Waals surface area contributed by atoms with Crippen LogP contribution in [-0.4, -0.2) is 24.2 Å². The molecule has 5 heteroatoms. The molecule has 1 fully saturated rings. The Morgan fingerprint density at radius 3 is 2.82 bits per heavy atom. The average molecular weight is 318 g/mol. The molecule has 3 nitrogen and oxygen atoms in total. The number of amides is 1. The summed E-state index contributed by atoms with van der Waals surface area (Å²) in [6.45, 7) is 2.68. The van der Waals surface area contributed by atoms with Gasteiger partial charge in [0.1, 0.15) is 0 Å². The normalized spacial score (nSPS) is 18.8. The highest BCUT2D eigenvalue weighted by Gasteiger charge is 2.42. The van der Waals surface area contributed by atoms with E-state index in [0.29, 0.717) is 6.54 Å². The molecule has 94 valence electrons. The van der Waals surface area contributed by atoms with Gasteiger partial charge in [0.2, 0.25) is 5.91 Å². The fourth-order valence-electron chi connectivity index (χ4n) is 1.69. The lowest BCUT2D eigenvalue weighted by molar-refractivity contribution is -0.122. The Morgan fingerprint density at radius 1 is 1.65 bits per heavy atom. The Labute approximate surface area is 113 Å². The molecule has 1 aliphatic rings. The molecule has 0 radical (unpaired) electrons. The second-order valence-electron chi connectivity index (χ2n) is 4.74. The summed E-state index contributed by atoms with van der Waals surface area (Å²) >= 11 is 4.98. The number of halogens is 1. The topological polar surface area (TPSA) is 49.3 Å². The summed E-state index contributed by atoms with van der Waals surface area (Å²) < 4.78 is 1.04. The van der Waals surface area contributed by atoms with E-state index in [9.17, 15) is 9.90 Å². The molecule has 2 rings (SSSR count). The van der Waals surface area contributed by atoms with Crippen LogP contribution >= 0.6 is 27.3 Å². The van der Waals surface area contributed by atoms with Crippen LogP contribution in [0.25, 0.3) is 0 Å². The summed E-state index contributed by atoms with van der Waals surface area (Å²) in [7, 11) is 0. The van der Waals surface area contributed by atoms with Gasteiger partial charge < -0.3 is 10.4 Å². The third-order valence-electron chi connectivity index (χ3n) is 3.34. The number of carbonyl (C=O) groups is 1. The summed E-state index contributed by atoms with van der Waals surface area (Å²) in [6, 6.07) is 3.93. The number of thiophene rings is 1. The maximum Gasteiger partial charge on any atom is 0.228 e. The Kier molecular flexibility index (Phi) is 3.90. The van der Waals surface area contributed by atoms with Crippen molar-refractivity contribution in [1.82, 2.24) is 5.32 Å². The molecule has 2 N–H and O–H groups in total. The van der Waals surface area contributed by atoms with Crippen molar-refractivity contribution in [3.63, 3.8) is 0 Å². The van der Waals surface area contributed by atoms with Crippen molar-refractivity contribution < 1.29 is 9.90 Å². The molecule has 1 saturated carbocycles. The van der Waals surface area contributed by atoms with Crippen molar-refractivity contribution in [1.29, 1.82) is 0 Å². The molecule has 1 heterocycles. The highest BCUT2D eigenvalue weighted by Crippen LogP contribution is 2.44. The van der Waals surface area contributed by atoms with E-state index in [-0.39, 0.29) is 23.8 Å². The molecular formula is C12H16BrNO2S. The first kappa shape index (κ1) is 13.1. The van der Waals surface area contributed by atoms with Gasteiger partial charge in [-0.1, -0.05) is 0 Å². The minimum atomic E-state index is -0.124. The third-order valence-corrected chi connectivity index (χ3v) is 5.15. The first-order valence-corrected chi connectivity index (χ1v) is 7.31. The second-order valence-corrected chi connectivity index (χ2v) is 7.23.